The Balaban J connectivity index is 0.00000400. The minimum atomic E-state index is -0.520. The highest BCUT2D eigenvalue weighted by atomic mass is 35.5. The molecule has 0 aliphatic rings. The predicted molar refractivity (Wildman–Crippen MR) is 89.0 cm³/mol. The number of halogens is 1. The van der Waals surface area contributed by atoms with Gasteiger partial charge in [-0.3, -0.25) is 4.79 Å². The number of amides is 1. The molecule has 0 saturated carbocycles. The van der Waals surface area contributed by atoms with Gasteiger partial charge in [-0.25, -0.2) is 0 Å². The molecule has 0 heterocycles. The maximum atomic E-state index is 11.9. The van der Waals surface area contributed by atoms with Crippen molar-refractivity contribution in [3.05, 3.63) is 29.8 Å². The molecule has 0 spiro atoms. The number of nitrogens with one attached hydrogen (secondary N) is 1. The second-order valence-electron chi connectivity index (χ2n) is 6.28. The number of para-hydroxylation sites is 1. The summed E-state index contributed by atoms with van der Waals surface area (Å²) in [6.07, 6.45) is -0.104. The molecule has 1 aromatic rings. The van der Waals surface area contributed by atoms with Crippen molar-refractivity contribution in [1.82, 2.24) is 5.32 Å². The first-order valence-corrected chi connectivity index (χ1v) is 6.97. The highest BCUT2D eigenvalue weighted by molar-refractivity contribution is 5.85. The van der Waals surface area contributed by atoms with Crippen LogP contribution in [0.4, 0.5) is 0 Å². The van der Waals surface area contributed by atoms with Gasteiger partial charge in [-0.05, 0) is 30.9 Å². The minimum absolute atomic E-state index is 0. The van der Waals surface area contributed by atoms with E-state index in [0.717, 1.165) is 11.3 Å². The first-order chi connectivity index (χ1) is 9.21. The van der Waals surface area contributed by atoms with E-state index in [4.69, 9.17) is 10.5 Å². The topological polar surface area (TPSA) is 64.3 Å². The molecule has 4 nitrogen and oxygen atoms in total. The SMILES string of the molecule is Cc1ccccc1OC(C)CNC(=O)[C@@H](N)C(C)(C)C.Cl. The normalized spacial score (nSPS) is 13.8. The zero-order valence-electron chi connectivity index (χ0n) is 13.5. The Bertz CT molecular complexity index is 458. The van der Waals surface area contributed by atoms with E-state index in [9.17, 15) is 4.79 Å². The Morgan fingerprint density at radius 3 is 2.43 bits per heavy atom. The van der Waals surface area contributed by atoms with E-state index in [1.54, 1.807) is 0 Å². The molecule has 120 valence electrons. The Morgan fingerprint density at radius 2 is 1.90 bits per heavy atom. The molecule has 2 atom stereocenters. The molecule has 0 bridgehead atoms. The highest BCUT2D eigenvalue weighted by Crippen LogP contribution is 2.18. The molecule has 3 N–H and O–H groups in total. The molecule has 1 amide bonds. The van der Waals surface area contributed by atoms with Gasteiger partial charge in [-0.15, -0.1) is 12.4 Å². The predicted octanol–water partition coefficient (Wildman–Crippen LogP) is 2.67. The van der Waals surface area contributed by atoms with Gasteiger partial charge in [0.15, 0.2) is 0 Å². The third-order valence-electron chi connectivity index (χ3n) is 3.20. The van der Waals surface area contributed by atoms with E-state index in [0.29, 0.717) is 6.54 Å². The van der Waals surface area contributed by atoms with Gasteiger partial charge >= 0.3 is 0 Å². The van der Waals surface area contributed by atoms with Crippen LogP contribution in [0.25, 0.3) is 0 Å². The van der Waals surface area contributed by atoms with Crippen molar-refractivity contribution in [1.29, 1.82) is 0 Å². The van der Waals surface area contributed by atoms with E-state index in [1.165, 1.54) is 0 Å². The number of carbonyl (C=O) groups is 1. The van der Waals surface area contributed by atoms with E-state index in [-0.39, 0.29) is 29.8 Å². The average molecular weight is 315 g/mol. The molecule has 21 heavy (non-hydrogen) atoms. The molecule has 0 aromatic heterocycles. The summed E-state index contributed by atoms with van der Waals surface area (Å²) in [5.41, 5.74) is 6.74. The second-order valence-corrected chi connectivity index (χ2v) is 6.28. The quantitative estimate of drug-likeness (QED) is 0.878. The van der Waals surface area contributed by atoms with Gasteiger partial charge in [0.05, 0.1) is 12.6 Å². The number of nitrogens with two attached hydrogens (primary N) is 1. The zero-order chi connectivity index (χ0) is 15.3. The molecular weight excluding hydrogens is 288 g/mol. The molecule has 0 saturated heterocycles. The van der Waals surface area contributed by atoms with Gasteiger partial charge in [0.25, 0.3) is 0 Å². The maximum absolute atomic E-state index is 11.9. The smallest absolute Gasteiger partial charge is 0.237 e. The molecule has 5 heteroatoms. The van der Waals surface area contributed by atoms with Gasteiger partial charge < -0.3 is 15.8 Å². The van der Waals surface area contributed by atoms with Crippen LogP contribution in [0.3, 0.4) is 0 Å². The summed E-state index contributed by atoms with van der Waals surface area (Å²) in [5.74, 6) is 0.701. The molecule has 1 aromatic carbocycles. The standard InChI is InChI=1S/C16H26N2O2.ClH/c1-11-8-6-7-9-13(11)20-12(2)10-18-15(19)14(17)16(3,4)5;/h6-9,12,14H,10,17H2,1-5H3,(H,18,19);1H/t12?,14-;/m1./s1. The van der Waals surface area contributed by atoms with Gasteiger partial charge in [-0.2, -0.15) is 0 Å². The third kappa shape index (κ3) is 6.36. The lowest BCUT2D eigenvalue weighted by molar-refractivity contribution is -0.124. The number of hydrogen-bond acceptors (Lipinski definition) is 3. The Kier molecular flexibility index (Phi) is 7.75. The fraction of sp³-hybridized carbons (Fsp3) is 0.562. The van der Waals surface area contributed by atoms with Crippen LogP contribution in [0.1, 0.15) is 33.3 Å². The molecule has 1 rings (SSSR count). The summed E-state index contributed by atoms with van der Waals surface area (Å²) in [5, 5.41) is 2.84. The second kappa shape index (κ2) is 8.25. The fourth-order valence-corrected chi connectivity index (χ4v) is 1.69. The lowest BCUT2D eigenvalue weighted by Gasteiger charge is -2.26. The molecule has 1 unspecified atom stereocenters. The van der Waals surface area contributed by atoms with E-state index in [2.05, 4.69) is 5.32 Å². The van der Waals surface area contributed by atoms with Crippen LogP contribution >= 0.6 is 12.4 Å². The number of hydrogen-bond donors (Lipinski definition) is 2. The summed E-state index contributed by atoms with van der Waals surface area (Å²) in [6, 6.07) is 7.30. The van der Waals surface area contributed by atoms with Crippen LogP contribution in [-0.4, -0.2) is 24.6 Å². The first kappa shape index (κ1) is 19.7. The van der Waals surface area contributed by atoms with Crippen molar-refractivity contribution in [2.75, 3.05) is 6.54 Å². The monoisotopic (exact) mass is 314 g/mol. The summed E-state index contributed by atoms with van der Waals surface area (Å²) in [4.78, 5) is 11.9. The molecule has 0 aliphatic carbocycles. The lowest BCUT2D eigenvalue weighted by Crippen LogP contribution is -2.50. The summed E-state index contributed by atoms with van der Waals surface area (Å²) >= 11 is 0. The van der Waals surface area contributed by atoms with E-state index in [1.807, 2.05) is 58.9 Å². The average Bonchev–Trinajstić information content (AvgIpc) is 2.36. The lowest BCUT2D eigenvalue weighted by atomic mass is 9.87. The van der Waals surface area contributed by atoms with Gasteiger partial charge in [0.2, 0.25) is 5.91 Å². The first-order valence-electron chi connectivity index (χ1n) is 6.97. The Labute approximate surface area is 133 Å². The van der Waals surface area contributed by atoms with Crippen molar-refractivity contribution in [2.24, 2.45) is 11.1 Å². The van der Waals surface area contributed by atoms with E-state index >= 15 is 0 Å². The van der Waals surface area contributed by atoms with Crippen molar-refractivity contribution >= 4 is 18.3 Å². The minimum Gasteiger partial charge on any atom is -0.489 e. The highest BCUT2D eigenvalue weighted by Gasteiger charge is 2.27. The van der Waals surface area contributed by atoms with Crippen LogP contribution < -0.4 is 15.8 Å². The maximum Gasteiger partial charge on any atom is 0.237 e. The van der Waals surface area contributed by atoms with Crippen LogP contribution in [-0.2, 0) is 4.79 Å². The summed E-state index contributed by atoms with van der Waals surface area (Å²) in [6.45, 7) is 10.2. The Morgan fingerprint density at radius 1 is 1.33 bits per heavy atom. The van der Waals surface area contributed by atoms with Gasteiger partial charge in [0, 0.05) is 0 Å². The zero-order valence-corrected chi connectivity index (χ0v) is 14.3. The van der Waals surface area contributed by atoms with Crippen molar-refractivity contribution in [3.63, 3.8) is 0 Å². The molecule has 0 radical (unpaired) electrons. The number of carbonyl (C=O) groups excluding carboxylic acids is 1. The van der Waals surface area contributed by atoms with Crippen LogP contribution in [0.15, 0.2) is 24.3 Å². The van der Waals surface area contributed by atoms with E-state index < -0.39 is 6.04 Å². The fourth-order valence-electron chi connectivity index (χ4n) is 1.69. The largest absolute Gasteiger partial charge is 0.489 e. The number of ether oxygens (including phenoxy) is 1. The molecule has 0 aliphatic heterocycles. The third-order valence-corrected chi connectivity index (χ3v) is 3.20. The number of benzene rings is 1. The van der Waals surface area contributed by atoms with Crippen LogP contribution in [0.5, 0.6) is 5.75 Å². The summed E-state index contributed by atoms with van der Waals surface area (Å²) < 4.78 is 5.81. The summed E-state index contributed by atoms with van der Waals surface area (Å²) in [7, 11) is 0. The molecular formula is C16H27ClN2O2. The van der Waals surface area contributed by atoms with Gasteiger partial charge in [-0.1, -0.05) is 39.0 Å². The number of aryl methyl sites for hydroxylation is 1. The van der Waals surface area contributed by atoms with Crippen LogP contribution in [0.2, 0.25) is 0 Å². The van der Waals surface area contributed by atoms with Crippen molar-refractivity contribution in [2.45, 2.75) is 46.8 Å². The van der Waals surface area contributed by atoms with Crippen molar-refractivity contribution in [3.8, 4) is 5.75 Å². The Hall–Kier alpha value is -1.26. The van der Waals surface area contributed by atoms with Gasteiger partial charge in [0.1, 0.15) is 11.9 Å². The number of rotatable bonds is 5. The van der Waals surface area contributed by atoms with Crippen LogP contribution in [0, 0.1) is 12.3 Å². The molecule has 0 fully saturated rings. The van der Waals surface area contributed by atoms with Crippen molar-refractivity contribution < 1.29 is 9.53 Å².